The van der Waals surface area contributed by atoms with Gasteiger partial charge < -0.3 is 4.90 Å². The zero-order valence-corrected chi connectivity index (χ0v) is 8.16. The zero-order valence-electron chi connectivity index (χ0n) is 8.16. The Morgan fingerprint density at radius 1 is 1.38 bits per heavy atom. The van der Waals surface area contributed by atoms with Gasteiger partial charge in [-0.1, -0.05) is 18.2 Å². The van der Waals surface area contributed by atoms with E-state index in [-0.39, 0.29) is 0 Å². The third-order valence-electron chi connectivity index (χ3n) is 2.74. The molecule has 1 aliphatic heterocycles. The molecule has 69 valence electrons. The predicted molar refractivity (Wildman–Crippen MR) is 56.9 cm³/mol. The highest BCUT2D eigenvalue weighted by atomic mass is 15.1. The Morgan fingerprint density at radius 2 is 2.15 bits per heavy atom. The number of benzene rings is 1. The number of nitrogens with zero attached hydrogens (tertiary/aromatic N) is 1. The van der Waals surface area contributed by atoms with Gasteiger partial charge in [-0.15, -0.1) is 0 Å². The van der Waals surface area contributed by atoms with Gasteiger partial charge in [-0.3, -0.25) is 0 Å². The van der Waals surface area contributed by atoms with Crippen molar-refractivity contribution in [2.24, 2.45) is 5.92 Å². The number of hydrogen-bond acceptors (Lipinski definition) is 1. The maximum Gasteiger partial charge on any atom is 0.0395 e. The first-order chi connectivity index (χ1) is 6.27. The van der Waals surface area contributed by atoms with Crippen LogP contribution in [0.2, 0.25) is 0 Å². The van der Waals surface area contributed by atoms with Gasteiger partial charge in [-0.25, -0.2) is 0 Å². The summed E-state index contributed by atoms with van der Waals surface area (Å²) in [6, 6.07) is 8.58. The molecule has 2 rings (SSSR count). The minimum Gasteiger partial charge on any atom is -0.371 e. The fourth-order valence-corrected chi connectivity index (χ4v) is 1.97. The van der Waals surface area contributed by atoms with E-state index < -0.39 is 0 Å². The number of aryl methyl sites for hydroxylation is 1. The van der Waals surface area contributed by atoms with Crippen molar-refractivity contribution >= 4 is 5.69 Å². The summed E-state index contributed by atoms with van der Waals surface area (Å²) >= 11 is 0. The topological polar surface area (TPSA) is 3.24 Å². The Hall–Kier alpha value is -0.980. The first-order valence-corrected chi connectivity index (χ1v) is 4.91. The van der Waals surface area contributed by atoms with Gasteiger partial charge in [0.25, 0.3) is 0 Å². The highest BCUT2D eigenvalue weighted by Crippen LogP contribution is 2.25. The molecule has 1 aromatic carbocycles. The number of anilines is 1. The zero-order chi connectivity index (χ0) is 9.26. The second kappa shape index (κ2) is 3.41. The Morgan fingerprint density at radius 3 is 2.77 bits per heavy atom. The molecule has 0 N–H and O–H groups in total. The van der Waals surface area contributed by atoms with Crippen molar-refractivity contribution in [3.05, 3.63) is 36.8 Å². The second-order valence-electron chi connectivity index (χ2n) is 3.89. The monoisotopic (exact) mass is 174 g/mol. The second-order valence-corrected chi connectivity index (χ2v) is 3.89. The van der Waals surface area contributed by atoms with E-state index in [9.17, 15) is 0 Å². The number of hydrogen-bond donors (Lipinski definition) is 0. The molecule has 1 aromatic rings. The van der Waals surface area contributed by atoms with Crippen LogP contribution in [0.3, 0.4) is 0 Å². The fraction of sp³-hybridized carbons (Fsp3) is 0.417. The summed E-state index contributed by atoms with van der Waals surface area (Å²) in [6.45, 7) is 8.56. The Labute approximate surface area is 80.4 Å². The van der Waals surface area contributed by atoms with Crippen LogP contribution in [-0.4, -0.2) is 13.1 Å². The fourth-order valence-electron chi connectivity index (χ4n) is 1.97. The summed E-state index contributed by atoms with van der Waals surface area (Å²) in [4.78, 5) is 2.44. The van der Waals surface area contributed by atoms with E-state index in [1.807, 2.05) is 0 Å². The lowest BCUT2D eigenvalue weighted by atomic mass is 10.1. The lowest BCUT2D eigenvalue weighted by molar-refractivity contribution is 0.734. The lowest BCUT2D eigenvalue weighted by Gasteiger charge is -2.20. The molecule has 13 heavy (non-hydrogen) atoms. The molecule has 0 bridgehead atoms. The Bertz CT molecular complexity index is 293. The maximum absolute atomic E-state index is 4.10. The van der Waals surface area contributed by atoms with Crippen LogP contribution in [0.5, 0.6) is 0 Å². The normalized spacial score (nSPS) is 22.3. The minimum atomic E-state index is 0.611. The van der Waals surface area contributed by atoms with Crippen molar-refractivity contribution in [1.82, 2.24) is 0 Å². The van der Waals surface area contributed by atoms with Gasteiger partial charge in [-0.05, 0) is 37.8 Å². The first-order valence-electron chi connectivity index (χ1n) is 4.91. The van der Waals surface area contributed by atoms with Gasteiger partial charge in [0.1, 0.15) is 0 Å². The smallest absolute Gasteiger partial charge is 0.0395 e. The highest BCUT2D eigenvalue weighted by Gasteiger charge is 2.19. The van der Waals surface area contributed by atoms with E-state index in [4.69, 9.17) is 0 Å². The molecule has 1 aliphatic rings. The number of rotatable bonds is 1. The standard InChI is InChI=1S/C12H16N/c1-10-7-8-13(9-10)12-6-4-3-5-11(12)2/h3-6,10H,1,7-9H2,2H3/t10-/m1/s1. The maximum atomic E-state index is 4.10. The van der Waals surface area contributed by atoms with E-state index in [1.165, 1.54) is 24.2 Å². The summed E-state index contributed by atoms with van der Waals surface area (Å²) in [5.41, 5.74) is 2.75. The van der Waals surface area contributed by atoms with Crippen LogP contribution >= 0.6 is 0 Å². The molecule has 0 spiro atoms. The molecule has 0 saturated carbocycles. The van der Waals surface area contributed by atoms with Crippen molar-refractivity contribution < 1.29 is 0 Å². The molecule has 1 saturated heterocycles. The van der Waals surface area contributed by atoms with Crippen molar-refractivity contribution in [3.63, 3.8) is 0 Å². The van der Waals surface area contributed by atoms with E-state index in [2.05, 4.69) is 43.0 Å². The van der Waals surface area contributed by atoms with Crippen LogP contribution < -0.4 is 4.90 Å². The van der Waals surface area contributed by atoms with Crippen LogP contribution in [0.15, 0.2) is 24.3 Å². The molecular weight excluding hydrogens is 158 g/mol. The van der Waals surface area contributed by atoms with Crippen molar-refractivity contribution in [1.29, 1.82) is 0 Å². The molecule has 0 aliphatic carbocycles. The van der Waals surface area contributed by atoms with Crippen LogP contribution in [0.25, 0.3) is 0 Å². The van der Waals surface area contributed by atoms with Crippen LogP contribution in [0.4, 0.5) is 5.69 Å². The first kappa shape index (κ1) is 8.61. The van der Waals surface area contributed by atoms with Crippen LogP contribution in [0.1, 0.15) is 12.0 Å². The quantitative estimate of drug-likeness (QED) is 0.632. The summed E-state index contributed by atoms with van der Waals surface area (Å²) in [6.07, 6.45) is 1.23. The van der Waals surface area contributed by atoms with Gasteiger partial charge in [0.15, 0.2) is 0 Å². The van der Waals surface area contributed by atoms with E-state index in [0.29, 0.717) is 5.92 Å². The molecule has 1 radical (unpaired) electrons. The highest BCUT2D eigenvalue weighted by molar-refractivity contribution is 5.53. The van der Waals surface area contributed by atoms with Gasteiger partial charge in [0.05, 0.1) is 0 Å². The van der Waals surface area contributed by atoms with Crippen molar-refractivity contribution in [2.75, 3.05) is 18.0 Å². The third kappa shape index (κ3) is 1.69. The molecule has 1 heterocycles. The van der Waals surface area contributed by atoms with E-state index >= 15 is 0 Å². The molecule has 1 atom stereocenters. The number of para-hydroxylation sites is 1. The summed E-state index contributed by atoms with van der Waals surface area (Å²) in [5.74, 6) is 0.611. The van der Waals surface area contributed by atoms with Crippen LogP contribution in [-0.2, 0) is 0 Å². The molecule has 1 fully saturated rings. The molecule has 1 heteroatoms. The SMILES string of the molecule is [CH2][C@@H]1CCN(c2ccccc2C)C1. The molecule has 0 unspecified atom stereocenters. The van der Waals surface area contributed by atoms with E-state index in [0.717, 1.165) is 6.54 Å². The summed E-state index contributed by atoms with van der Waals surface area (Å²) in [5, 5.41) is 0. The molecule has 1 nitrogen and oxygen atoms in total. The van der Waals surface area contributed by atoms with Crippen molar-refractivity contribution in [3.8, 4) is 0 Å². The Balaban J connectivity index is 2.21. The van der Waals surface area contributed by atoms with Gasteiger partial charge >= 0.3 is 0 Å². The largest absolute Gasteiger partial charge is 0.371 e. The van der Waals surface area contributed by atoms with Crippen molar-refractivity contribution in [2.45, 2.75) is 13.3 Å². The lowest BCUT2D eigenvalue weighted by Crippen LogP contribution is -2.19. The van der Waals surface area contributed by atoms with Gasteiger partial charge in [0, 0.05) is 18.8 Å². The van der Waals surface area contributed by atoms with Crippen LogP contribution in [0, 0.1) is 19.8 Å². The predicted octanol–water partition coefficient (Wildman–Crippen LogP) is 2.66. The van der Waals surface area contributed by atoms with Gasteiger partial charge in [-0.2, -0.15) is 0 Å². The minimum absolute atomic E-state index is 0.611. The summed E-state index contributed by atoms with van der Waals surface area (Å²) in [7, 11) is 0. The average molecular weight is 174 g/mol. The third-order valence-corrected chi connectivity index (χ3v) is 2.74. The summed E-state index contributed by atoms with van der Waals surface area (Å²) < 4.78 is 0. The van der Waals surface area contributed by atoms with Gasteiger partial charge in [0.2, 0.25) is 0 Å². The molecule has 0 amide bonds. The Kier molecular flexibility index (Phi) is 2.26. The molecular formula is C12H16N. The van der Waals surface area contributed by atoms with E-state index in [1.54, 1.807) is 0 Å². The average Bonchev–Trinajstić information content (AvgIpc) is 2.53. The molecule has 0 aromatic heterocycles.